The molecule has 1 atom stereocenters. The van der Waals surface area contributed by atoms with Crippen molar-refractivity contribution in [2.45, 2.75) is 53.1 Å². The third-order valence-electron chi connectivity index (χ3n) is 2.08. The van der Waals surface area contributed by atoms with Crippen LogP contribution in [0.15, 0.2) is 5.11 Å². The molecule has 0 N–H and O–H groups in total. The van der Waals surface area contributed by atoms with E-state index in [4.69, 9.17) is 10.3 Å². The SMILES string of the molecule is CC(C)CC(CN=[N+]=[N-])CC(=O)OC(C)(C)C. The summed E-state index contributed by atoms with van der Waals surface area (Å²) in [5.41, 5.74) is 7.85. The van der Waals surface area contributed by atoms with Crippen LogP contribution in [-0.4, -0.2) is 18.1 Å². The minimum Gasteiger partial charge on any atom is -0.460 e. The number of carbonyl (C=O) groups is 1. The van der Waals surface area contributed by atoms with Gasteiger partial charge in [-0.05, 0) is 44.6 Å². The maximum atomic E-state index is 11.7. The Labute approximate surface area is 103 Å². The van der Waals surface area contributed by atoms with E-state index in [1.165, 1.54) is 0 Å². The van der Waals surface area contributed by atoms with Gasteiger partial charge in [0.25, 0.3) is 0 Å². The number of hydrogen-bond donors (Lipinski definition) is 0. The molecular weight excluding hydrogens is 218 g/mol. The normalized spacial score (nSPS) is 13.1. The van der Waals surface area contributed by atoms with E-state index < -0.39 is 5.60 Å². The molecule has 0 radical (unpaired) electrons. The molecule has 0 aromatic carbocycles. The molecule has 0 fully saturated rings. The molecule has 1 unspecified atom stereocenters. The Hall–Kier alpha value is -1.22. The van der Waals surface area contributed by atoms with Gasteiger partial charge in [0.2, 0.25) is 0 Å². The lowest BCUT2D eigenvalue weighted by Gasteiger charge is -2.22. The molecule has 0 aromatic rings. The first-order valence-electron chi connectivity index (χ1n) is 5.97. The van der Waals surface area contributed by atoms with Crippen LogP contribution >= 0.6 is 0 Å². The van der Waals surface area contributed by atoms with Gasteiger partial charge in [0.05, 0.1) is 0 Å². The highest BCUT2D eigenvalue weighted by molar-refractivity contribution is 5.70. The van der Waals surface area contributed by atoms with Gasteiger partial charge in [0, 0.05) is 17.9 Å². The summed E-state index contributed by atoms with van der Waals surface area (Å²) in [6.45, 7) is 10.0. The minimum absolute atomic E-state index is 0.0701. The predicted molar refractivity (Wildman–Crippen MR) is 67.4 cm³/mol. The van der Waals surface area contributed by atoms with Crippen LogP contribution in [0.1, 0.15) is 47.5 Å². The fraction of sp³-hybridized carbons (Fsp3) is 0.917. The molecule has 0 aliphatic rings. The summed E-state index contributed by atoms with van der Waals surface area (Å²) in [4.78, 5) is 14.4. The van der Waals surface area contributed by atoms with Gasteiger partial charge in [-0.25, -0.2) is 0 Å². The summed E-state index contributed by atoms with van der Waals surface area (Å²) in [6.07, 6.45) is 1.17. The van der Waals surface area contributed by atoms with E-state index in [-0.39, 0.29) is 11.9 Å². The number of azide groups is 1. The van der Waals surface area contributed by atoms with Crippen molar-refractivity contribution in [2.24, 2.45) is 17.0 Å². The first-order chi connectivity index (χ1) is 7.74. The first kappa shape index (κ1) is 15.8. The maximum Gasteiger partial charge on any atom is 0.306 e. The average Bonchev–Trinajstić information content (AvgIpc) is 2.09. The van der Waals surface area contributed by atoms with Gasteiger partial charge < -0.3 is 4.74 Å². The van der Waals surface area contributed by atoms with Crippen molar-refractivity contribution in [1.82, 2.24) is 0 Å². The Kier molecular flexibility index (Phi) is 6.66. The minimum atomic E-state index is -0.460. The molecule has 0 saturated heterocycles. The molecule has 0 aliphatic heterocycles. The Bertz CT molecular complexity index is 289. The van der Waals surface area contributed by atoms with E-state index in [0.717, 1.165) is 6.42 Å². The summed E-state index contributed by atoms with van der Waals surface area (Å²) < 4.78 is 5.26. The second kappa shape index (κ2) is 7.17. The van der Waals surface area contributed by atoms with Crippen molar-refractivity contribution >= 4 is 5.97 Å². The van der Waals surface area contributed by atoms with Crippen molar-refractivity contribution < 1.29 is 9.53 Å². The van der Waals surface area contributed by atoms with E-state index in [1.54, 1.807) is 0 Å². The summed E-state index contributed by atoms with van der Waals surface area (Å²) in [7, 11) is 0. The number of nitrogens with zero attached hydrogens (tertiary/aromatic N) is 3. The third-order valence-corrected chi connectivity index (χ3v) is 2.08. The van der Waals surface area contributed by atoms with Gasteiger partial charge in [-0.2, -0.15) is 0 Å². The van der Waals surface area contributed by atoms with E-state index in [0.29, 0.717) is 18.9 Å². The number of carbonyl (C=O) groups excluding carboxylic acids is 1. The number of rotatable bonds is 6. The van der Waals surface area contributed by atoms with Crippen LogP contribution in [0.3, 0.4) is 0 Å². The van der Waals surface area contributed by atoms with Gasteiger partial charge in [0.15, 0.2) is 0 Å². The van der Waals surface area contributed by atoms with Gasteiger partial charge in [0.1, 0.15) is 5.60 Å². The van der Waals surface area contributed by atoms with Crippen molar-refractivity contribution in [1.29, 1.82) is 0 Å². The predicted octanol–water partition coefficient (Wildman–Crippen LogP) is 3.69. The molecule has 0 bridgehead atoms. The molecule has 0 spiro atoms. The summed E-state index contributed by atoms with van der Waals surface area (Å²) in [5, 5.41) is 3.55. The van der Waals surface area contributed by atoms with E-state index in [2.05, 4.69) is 23.9 Å². The van der Waals surface area contributed by atoms with Crippen LogP contribution in [-0.2, 0) is 9.53 Å². The molecule has 17 heavy (non-hydrogen) atoms. The monoisotopic (exact) mass is 241 g/mol. The van der Waals surface area contributed by atoms with Gasteiger partial charge >= 0.3 is 5.97 Å². The lowest BCUT2D eigenvalue weighted by molar-refractivity contribution is -0.156. The van der Waals surface area contributed by atoms with Crippen LogP contribution in [0.2, 0.25) is 0 Å². The van der Waals surface area contributed by atoms with Crippen LogP contribution in [0, 0.1) is 11.8 Å². The quantitative estimate of drug-likeness (QED) is 0.308. The lowest BCUT2D eigenvalue weighted by atomic mass is 9.94. The Morgan fingerprint density at radius 2 is 2.00 bits per heavy atom. The van der Waals surface area contributed by atoms with Crippen LogP contribution in [0.4, 0.5) is 0 Å². The van der Waals surface area contributed by atoms with Gasteiger partial charge in [-0.15, -0.1) is 0 Å². The zero-order valence-corrected chi connectivity index (χ0v) is 11.4. The summed E-state index contributed by atoms with van der Waals surface area (Å²) in [5.74, 6) is 0.313. The number of hydrogen-bond acceptors (Lipinski definition) is 3. The van der Waals surface area contributed by atoms with Gasteiger partial charge in [-0.1, -0.05) is 19.0 Å². The van der Waals surface area contributed by atoms with E-state index in [9.17, 15) is 4.79 Å². The zero-order valence-electron chi connectivity index (χ0n) is 11.4. The Morgan fingerprint density at radius 1 is 1.41 bits per heavy atom. The standard InChI is InChI=1S/C12H23N3O2/c1-9(2)6-10(8-14-15-13)7-11(16)17-12(3,4)5/h9-10H,6-8H2,1-5H3. The molecule has 0 rings (SSSR count). The van der Waals surface area contributed by atoms with E-state index >= 15 is 0 Å². The van der Waals surface area contributed by atoms with Crippen LogP contribution < -0.4 is 0 Å². The van der Waals surface area contributed by atoms with Crippen molar-refractivity contribution in [2.75, 3.05) is 6.54 Å². The van der Waals surface area contributed by atoms with E-state index in [1.807, 2.05) is 20.8 Å². The van der Waals surface area contributed by atoms with Crippen molar-refractivity contribution in [3.8, 4) is 0 Å². The first-order valence-corrected chi connectivity index (χ1v) is 5.97. The Morgan fingerprint density at radius 3 is 2.41 bits per heavy atom. The van der Waals surface area contributed by atoms with Crippen molar-refractivity contribution in [3.05, 3.63) is 10.4 Å². The molecular formula is C12H23N3O2. The van der Waals surface area contributed by atoms with Gasteiger partial charge in [-0.3, -0.25) is 4.79 Å². The highest BCUT2D eigenvalue weighted by Crippen LogP contribution is 2.18. The highest BCUT2D eigenvalue weighted by atomic mass is 16.6. The molecule has 0 saturated carbocycles. The average molecular weight is 241 g/mol. The van der Waals surface area contributed by atoms with Crippen LogP contribution in [0.5, 0.6) is 0 Å². The molecule has 0 aliphatic carbocycles. The molecule has 0 amide bonds. The lowest BCUT2D eigenvalue weighted by Crippen LogP contribution is -2.26. The Balaban J connectivity index is 4.31. The smallest absolute Gasteiger partial charge is 0.306 e. The molecule has 0 aromatic heterocycles. The zero-order chi connectivity index (χ0) is 13.5. The fourth-order valence-electron chi connectivity index (χ4n) is 1.66. The third kappa shape index (κ3) is 9.69. The fourth-order valence-corrected chi connectivity index (χ4v) is 1.66. The second-order valence-corrected chi connectivity index (χ2v) is 5.70. The maximum absolute atomic E-state index is 11.7. The number of esters is 1. The highest BCUT2D eigenvalue weighted by Gasteiger charge is 2.20. The van der Waals surface area contributed by atoms with Crippen molar-refractivity contribution in [3.63, 3.8) is 0 Å². The summed E-state index contributed by atoms with van der Waals surface area (Å²) in [6, 6.07) is 0. The summed E-state index contributed by atoms with van der Waals surface area (Å²) >= 11 is 0. The molecule has 5 heteroatoms. The molecule has 98 valence electrons. The topological polar surface area (TPSA) is 75.1 Å². The largest absolute Gasteiger partial charge is 0.460 e. The molecule has 5 nitrogen and oxygen atoms in total. The number of ether oxygens (including phenoxy) is 1. The van der Waals surface area contributed by atoms with Crippen LogP contribution in [0.25, 0.3) is 10.4 Å². The second-order valence-electron chi connectivity index (χ2n) is 5.70. The molecule has 0 heterocycles.